The van der Waals surface area contributed by atoms with E-state index in [1.807, 2.05) is 54.3 Å². The molecule has 0 atom stereocenters. The zero-order chi connectivity index (χ0) is 20.2. The second kappa shape index (κ2) is 8.65. The number of rotatable bonds is 5. The third-order valence-corrected chi connectivity index (χ3v) is 5.96. The number of carbonyl (C=O) groups excluding carboxylic acids is 1. The Balaban J connectivity index is 1.38. The fourth-order valence-corrected chi connectivity index (χ4v) is 4.04. The van der Waals surface area contributed by atoms with Gasteiger partial charge >= 0.3 is 0 Å². The normalized spacial score (nSPS) is 14.8. The van der Waals surface area contributed by atoms with Gasteiger partial charge in [-0.05, 0) is 44.2 Å². The Labute approximate surface area is 174 Å². The Morgan fingerprint density at radius 2 is 1.93 bits per heavy atom. The van der Waals surface area contributed by atoms with Crippen molar-refractivity contribution in [1.82, 2.24) is 19.5 Å². The van der Waals surface area contributed by atoms with E-state index in [1.54, 1.807) is 24.3 Å². The summed E-state index contributed by atoms with van der Waals surface area (Å²) in [5.74, 6) is 2.69. The first kappa shape index (κ1) is 19.4. The van der Waals surface area contributed by atoms with Crippen molar-refractivity contribution in [2.24, 2.45) is 5.92 Å². The smallest absolute Gasteiger partial charge is 0.227 e. The first-order valence-corrected chi connectivity index (χ1v) is 10.9. The van der Waals surface area contributed by atoms with Crippen LogP contribution in [0, 0.1) is 12.8 Å². The van der Waals surface area contributed by atoms with E-state index in [9.17, 15) is 4.79 Å². The molecule has 1 N–H and O–H groups in total. The molecule has 0 spiro atoms. The Morgan fingerprint density at radius 3 is 2.66 bits per heavy atom. The number of hydrogen-bond donors (Lipinski definition) is 1. The minimum atomic E-state index is 0.0152. The quantitative estimate of drug-likeness (QED) is 0.651. The van der Waals surface area contributed by atoms with E-state index in [4.69, 9.17) is 0 Å². The fourth-order valence-electron chi connectivity index (χ4n) is 3.58. The summed E-state index contributed by atoms with van der Waals surface area (Å²) in [6.07, 6.45) is 8.88. The molecule has 0 bridgehead atoms. The van der Waals surface area contributed by atoms with Gasteiger partial charge < -0.3 is 10.2 Å². The van der Waals surface area contributed by atoms with Crippen LogP contribution in [0.1, 0.15) is 18.7 Å². The number of anilines is 2. The van der Waals surface area contributed by atoms with Crippen molar-refractivity contribution >= 4 is 29.2 Å². The number of carbonyl (C=O) groups is 1. The first-order chi connectivity index (χ1) is 14.1. The Morgan fingerprint density at radius 1 is 1.14 bits per heavy atom. The molecular weight excluding hydrogens is 384 g/mol. The van der Waals surface area contributed by atoms with Gasteiger partial charge in [0, 0.05) is 48.1 Å². The molecule has 1 aromatic carbocycles. The number of imidazole rings is 1. The molecule has 3 heterocycles. The summed E-state index contributed by atoms with van der Waals surface area (Å²) < 4.78 is 1.94. The third kappa shape index (κ3) is 4.42. The zero-order valence-corrected chi connectivity index (χ0v) is 17.4. The van der Waals surface area contributed by atoms with E-state index in [2.05, 4.69) is 25.2 Å². The van der Waals surface area contributed by atoms with Gasteiger partial charge in [-0.15, -0.1) is 11.8 Å². The number of nitrogens with one attached hydrogen (secondary N) is 1. The highest BCUT2D eigenvalue weighted by Crippen LogP contribution is 2.25. The predicted molar refractivity (Wildman–Crippen MR) is 116 cm³/mol. The van der Waals surface area contributed by atoms with Crippen molar-refractivity contribution in [3.8, 4) is 5.82 Å². The molecule has 1 amide bonds. The van der Waals surface area contributed by atoms with Crippen LogP contribution >= 0.6 is 11.8 Å². The molecule has 4 rings (SSSR count). The first-order valence-electron chi connectivity index (χ1n) is 9.66. The van der Waals surface area contributed by atoms with Crippen LogP contribution < -0.4 is 10.2 Å². The summed E-state index contributed by atoms with van der Waals surface area (Å²) >= 11 is 1.67. The van der Waals surface area contributed by atoms with Crippen LogP contribution in [0.15, 0.2) is 53.9 Å². The molecule has 1 aliphatic rings. The molecule has 0 radical (unpaired) electrons. The number of hydrogen-bond acceptors (Lipinski definition) is 6. The zero-order valence-electron chi connectivity index (χ0n) is 16.6. The van der Waals surface area contributed by atoms with Crippen LogP contribution in [0.3, 0.4) is 0 Å². The van der Waals surface area contributed by atoms with Crippen LogP contribution in [0.2, 0.25) is 0 Å². The summed E-state index contributed by atoms with van der Waals surface area (Å²) in [5.41, 5.74) is 0.862. The molecule has 7 nitrogen and oxygen atoms in total. The van der Waals surface area contributed by atoms with Crippen LogP contribution in [-0.4, -0.2) is 44.8 Å². The van der Waals surface area contributed by atoms with Crippen LogP contribution in [0.4, 0.5) is 11.5 Å². The fraction of sp³-hybridized carbons (Fsp3) is 0.333. The van der Waals surface area contributed by atoms with Gasteiger partial charge in [0.05, 0.1) is 0 Å². The molecule has 150 valence electrons. The lowest BCUT2D eigenvalue weighted by atomic mass is 9.96. The highest BCUT2D eigenvalue weighted by atomic mass is 32.2. The SMILES string of the molecule is CSc1cccc(NC(=O)C2CCN(c3cc(-n4ccnc4C)ncn3)CC2)c1. The minimum Gasteiger partial charge on any atom is -0.356 e. The van der Waals surface area contributed by atoms with E-state index >= 15 is 0 Å². The molecule has 0 aliphatic carbocycles. The number of nitrogens with zero attached hydrogens (tertiary/aromatic N) is 5. The molecule has 8 heteroatoms. The lowest BCUT2D eigenvalue weighted by Gasteiger charge is -2.32. The van der Waals surface area contributed by atoms with Gasteiger partial charge in [-0.2, -0.15) is 0 Å². The molecular formula is C21H24N6OS. The van der Waals surface area contributed by atoms with Gasteiger partial charge in [-0.25, -0.2) is 15.0 Å². The summed E-state index contributed by atoms with van der Waals surface area (Å²) in [6, 6.07) is 9.94. The molecule has 1 fully saturated rings. The number of piperidine rings is 1. The van der Waals surface area contributed by atoms with E-state index < -0.39 is 0 Å². The van der Waals surface area contributed by atoms with Crippen molar-refractivity contribution < 1.29 is 4.79 Å². The molecule has 0 saturated carbocycles. The number of thioether (sulfide) groups is 1. The maximum absolute atomic E-state index is 12.7. The lowest BCUT2D eigenvalue weighted by Crippen LogP contribution is -2.38. The van der Waals surface area contributed by atoms with Gasteiger partial charge in [0.1, 0.15) is 23.8 Å². The van der Waals surface area contributed by atoms with E-state index in [0.717, 1.165) is 54.0 Å². The molecule has 2 aromatic heterocycles. The van der Waals surface area contributed by atoms with Gasteiger partial charge in [-0.1, -0.05) is 6.07 Å². The molecule has 1 saturated heterocycles. The van der Waals surface area contributed by atoms with Gasteiger partial charge in [0.25, 0.3) is 0 Å². The minimum absolute atomic E-state index is 0.0152. The number of benzene rings is 1. The Kier molecular flexibility index (Phi) is 5.80. The summed E-state index contributed by atoms with van der Waals surface area (Å²) in [5, 5.41) is 3.07. The van der Waals surface area contributed by atoms with E-state index in [1.165, 1.54) is 0 Å². The number of aryl methyl sites for hydroxylation is 1. The molecule has 0 unspecified atom stereocenters. The average Bonchev–Trinajstić information content (AvgIpc) is 3.20. The maximum Gasteiger partial charge on any atom is 0.227 e. The van der Waals surface area contributed by atoms with Crippen LogP contribution in [0.25, 0.3) is 5.82 Å². The third-order valence-electron chi connectivity index (χ3n) is 5.24. The highest BCUT2D eigenvalue weighted by Gasteiger charge is 2.26. The van der Waals surface area contributed by atoms with Gasteiger partial charge in [-0.3, -0.25) is 9.36 Å². The highest BCUT2D eigenvalue weighted by molar-refractivity contribution is 7.98. The van der Waals surface area contributed by atoms with Crippen molar-refractivity contribution in [1.29, 1.82) is 0 Å². The second-order valence-corrected chi connectivity index (χ2v) is 7.94. The monoisotopic (exact) mass is 408 g/mol. The number of aromatic nitrogens is 4. The summed E-state index contributed by atoms with van der Waals surface area (Å²) in [4.78, 5) is 29.1. The Bertz CT molecular complexity index is 996. The van der Waals surface area contributed by atoms with E-state index in [0.29, 0.717) is 0 Å². The van der Waals surface area contributed by atoms with Crippen molar-refractivity contribution in [2.75, 3.05) is 29.6 Å². The summed E-state index contributed by atoms with van der Waals surface area (Å²) in [6.45, 7) is 3.53. The van der Waals surface area contributed by atoms with Crippen molar-refractivity contribution in [2.45, 2.75) is 24.7 Å². The van der Waals surface area contributed by atoms with Crippen LogP contribution in [0.5, 0.6) is 0 Å². The summed E-state index contributed by atoms with van der Waals surface area (Å²) in [7, 11) is 0. The molecule has 29 heavy (non-hydrogen) atoms. The predicted octanol–water partition coefficient (Wildman–Crippen LogP) is 3.55. The van der Waals surface area contributed by atoms with Gasteiger partial charge in [0.2, 0.25) is 5.91 Å². The van der Waals surface area contributed by atoms with Crippen LogP contribution in [-0.2, 0) is 4.79 Å². The largest absolute Gasteiger partial charge is 0.356 e. The Hall–Kier alpha value is -2.87. The maximum atomic E-state index is 12.7. The topological polar surface area (TPSA) is 75.9 Å². The van der Waals surface area contributed by atoms with Gasteiger partial charge in [0.15, 0.2) is 0 Å². The molecule has 1 aliphatic heterocycles. The lowest BCUT2D eigenvalue weighted by molar-refractivity contribution is -0.120. The average molecular weight is 409 g/mol. The van der Waals surface area contributed by atoms with Crippen molar-refractivity contribution in [3.05, 3.63) is 54.9 Å². The standard InChI is InChI=1S/C21H24N6OS/c1-15-22-8-11-27(15)20-13-19(23-14-24-20)26-9-6-16(7-10-26)21(28)25-17-4-3-5-18(12-17)29-2/h3-5,8,11-14,16H,6-7,9-10H2,1-2H3,(H,25,28). The van der Waals surface area contributed by atoms with Crippen molar-refractivity contribution in [3.63, 3.8) is 0 Å². The van der Waals surface area contributed by atoms with E-state index in [-0.39, 0.29) is 11.8 Å². The molecule has 3 aromatic rings. The number of amides is 1. The second-order valence-electron chi connectivity index (χ2n) is 7.06.